The molecule has 0 spiro atoms. The van der Waals surface area contributed by atoms with Gasteiger partial charge in [-0.05, 0) is 49.8 Å². The van der Waals surface area contributed by atoms with Crippen LogP contribution in [0.3, 0.4) is 0 Å². The average Bonchev–Trinajstić information content (AvgIpc) is 3.62. The van der Waals surface area contributed by atoms with Crippen molar-refractivity contribution in [2.24, 2.45) is 5.41 Å². The number of carbonyl (C=O) groups is 4. The van der Waals surface area contributed by atoms with Gasteiger partial charge in [-0.2, -0.15) is 0 Å². The molecule has 4 N–H and O–H groups in total. The molecule has 258 valence electrons. The number of nitrogens with zero attached hydrogens (tertiary/aromatic N) is 3. The maximum absolute atomic E-state index is 14.2. The molecule has 0 radical (unpaired) electrons. The summed E-state index contributed by atoms with van der Waals surface area (Å²) in [6, 6.07) is 13.7. The summed E-state index contributed by atoms with van der Waals surface area (Å²) >= 11 is 1.56. The normalized spacial score (nSPS) is 17.8. The fourth-order valence-corrected chi connectivity index (χ4v) is 6.86. The number of thiazole rings is 1. The summed E-state index contributed by atoms with van der Waals surface area (Å²) in [6.45, 7) is 12.6. The molecular weight excluding hydrogens is 630 g/mol. The molecule has 4 rings (SSSR count). The fourth-order valence-electron chi connectivity index (χ4n) is 6.05. The van der Waals surface area contributed by atoms with Gasteiger partial charge in [-0.1, -0.05) is 75.4 Å². The Kier molecular flexibility index (Phi) is 11.3. The van der Waals surface area contributed by atoms with Crippen LogP contribution in [0.1, 0.15) is 64.8 Å². The second kappa shape index (κ2) is 14.9. The Balaban J connectivity index is 1.52. The summed E-state index contributed by atoms with van der Waals surface area (Å²) < 4.78 is 0. The molecule has 4 atom stereocenters. The van der Waals surface area contributed by atoms with Crippen molar-refractivity contribution in [1.29, 1.82) is 0 Å². The Morgan fingerprint density at radius 3 is 2.19 bits per heavy atom. The van der Waals surface area contributed by atoms with Crippen molar-refractivity contribution in [3.05, 3.63) is 76.9 Å². The minimum Gasteiger partial charge on any atom is -0.465 e. The maximum atomic E-state index is 14.2. The van der Waals surface area contributed by atoms with Gasteiger partial charge in [0.15, 0.2) is 0 Å². The van der Waals surface area contributed by atoms with E-state index in [2.05, 4.69) is 15.6 Å². The van der Waals surface area contributed by atoms with Crippen LogP contribution in [0.25, 0.3) is 10.4 Å². The van der Waals surface area contributed by atoms with E-state index >= 15 is 0 Å². The van der Waals surface area contributed by atoms with Crippen LogP contribution in [-0.2, 0) is 27.3 Å². The second-order valence-corrected chi connectivity index (χ2v) is 15.3. The van der Waals surface area contributed by atoms with Gasteiger partial charge in [0.25, 0.3) is 0 Å². The van der Waals surface area contributed by atoms with Crippen LogP contribution < -0.4 is 10.6 Å². The van der Waals surface area contributed by atoms with E-state index in [1.165, 1.54) is 4.90 Å². The molecule has 1 aliphatic heterocycles. The molecular formula is C36H47N5O6S. The van der Waals surface area contributed by atoms with Gasteiger partial charge < -0.3 is 25.7 Å². The van der Waals surface area contributed by atoms with Crippen LogP contribution in [0, 0.1) is 12.3 Å². The van der Waals surface area contributed by atoms with E-state index in [0.717, 1.165) is 32.2 Å². The van der Waals surface area contributed by atoms with Gasteiger partial charge in [0.05, 0.1) is 22.2 Å². The number of aromatic nitrogens is 1. The number of aliphatic hydroxyl groups excluding tert-OH is 1. The highest BCUT2D eigenvalue weighted by molar-refractivity contribution is 7.13. The summed E-state index contributed by atoms with van der Waals surface area (Å²) in [5.74, 6) is -1.55. The molecule has 11 nitrogen and oxygen atoms in total. The molecule has 48 heavy (non-hydrogen) atoms. The molecule has 1 aliphatic rings. The molecule has 12 heteroatoms. The SMILES string of the molecule is Cc1ncsc1-c1ccc(CNC(=O)[C@@H]2C[C@@H](O)CN2C(=O)[C@@H](NC(=O)[C@H](Cc2ccccc2)N(C(=O)O)C(C)(C)C)C(C)(C)C)cc1. The van der Waals surface area contributed by atoms with E-state index in [9.17, 15) is 29.4 Å². The first kappa shape index (κ1) is 36.5. The number of carbonyl (C=O) groups excluding carboxylic acids is 3. The first-order valence-electron chi connectivity index (χ1n) is 16.1. The summed E-state index contributed by atoms with van der Waals surface area (Å²) in [4.78, 5) is 62.1. The van der Waals surface area contributed by atoms with Crippen LogP contribution >= 0.6 is 11.3 Å². The number of likely N-dealkylation sites (tertiary alicyclic amines) is 1. The molecule has 1 fully saturated rings. The third-order valence-corrected chi connectivity index (χ3v) is 9.49. The van der Waals surface area contributed by atoms with Crippen LogP contribution in [0.4, 0.5) is 4.79 Å². The van der Waals surface area contributed by atoms with Crippen LogP contribution in [0.5, 0.6) is 0 Å². The number of benzene rings is 2. The Labute approximate surface area is 286 Å². The number of hydrogen-bond acceptors (Lipinski definition) is 7. The molecule has 1 saturated heterocycles. The number of aryl methyl sites for hydroxylation is 1. The number of nitrogens with one attached hydrogen (secondary N) is 2. The molecule has 2 heterocycles. The largest absolute Gasteiger partial charge is 0.465 e. The smallest absolute Gasteiger partial charge is 0.408 e. The number of amides is 4. The highest BCUT2D eigenvalue weighted by Gasteiger charge is 2.46. The first-order chi connectivity index (χ1) is 22.5. The molecule has 2 aromatic carbocycles. The van der Waals surface area contributed by atoms with E-state index in [-0.39, 0.29) is 25.9 Å². The lowest BCUT2D eigenvalue weighted by molar-refractivity contribution is -0.145. The van der Waals surface area contributed by atoms with Gasteiger partial charge in [0, 0.05) is 31.5 Å². The minimum absolute atomic E-state index is 0.0550. The Hall–Kier alpha value is -4.29. The molecule has 1 aromatic heterocycles. The van der Waals surface area contributed by atoms with Crippen molar-refractivity contribution >= 4 is 35.2 Å². The maximum Gasteiger partial charge on any atom is 0.408 e. The van der Waals surface area contributed by atoms with Crippen LogP contribution in [0.2, 0.25) is 0 Å². The average molecular weight is 678 g/mol. The highest BCUT2D eigenvalue weighted by Crippen LogP contribution is 2.29. The topological polar surface area (TPSA) is 152 Å². The van der Waals surface area contributed by atoms with Gasteiger partial charge in [0.2, 0.25) is 17.7 Å². The zero-order chi connectivity index (χ0) is 35.4. The zero-order valence-corrected chi connectivity index (χ0v) is 29.5. The Morgan fingerprint density at radius 2 is 1.65 bits per heavy atom. The van der Waals surface area contributed by atoms with Gasteiger partial charge >= 0.3 is 6.09 Å². The van der Waals surface area contributed by atoms with Gasteiger partial charge in [0.1, 0.15) is 18.1 Å². The van der Waals surface area contributed by atoms with E-state index < -0.39 is 59.0 Å². The minimum atomic E-state index is -1.26. The zero-order valence-electron chi connectivity index (χ0n) is 28.7. The van der Waals surface area contributed by atoms with Crippen molar-refractivity contribution in [1.82, 2.24) is 25.4 Å². The lowest BCUT2D eigenvalue weighted by atomic mass is 9.85. The predicted octanol–water partition coefficient (Wildman–Crippen LogP) is 4.62. The monoisotopic (exact) mass is 677 g/mol. The standard InChI is InChI=1S/C36H47N5O6S/c1-22-29(48-21-38-22)25-15-13-24(14-16-25)19-37-31(43)27-18-26(42)20-40(27)33(45)30(35(2,3)4)39-32(44)28(17-23-11-9-8-10-12-23)41(34(46)47)36(5,6)7/h8-16,21,26-28,30,42H,17-20H2,1-7H3,(H,37,43)(H,39,44)(H,46,47)/t26-,27+,28+,30-/m1/s1. The molecule has 0 bridgehead atoms. The van der Waals surface area contributed by atoms with E-state index in [0.29, 0.717) is 0 Å². The van der Waals surface area contributed by atoms with Crippen LogP contribution in [-0.4, -0.2) is 85.1 Å². The number of carboxylic acid groups (broad SMARTS) is 1. The highest BCUT2D eigenvalue weighted by atomic mass is 32.1. The number of rotatable bonds is 10. The first-order valence-corrected chi connectivity index (χ1v) is 17.0. The van der Waals surface area contributed by atoms with Crippen molar-refractivity contribution in [2.75, 3.05) is 6.54 Å². The summed E-state index contributed by atoms with van der Waals surface area (Å²) in [5.41, 5.74) is 3.69. The molecule has 0 aliphatic carbocycles. The lowest BCUT2D eigenvalue weighted by Gasteiger charge is -2.41. The van der Waals surface area contributed by atoms with E-state index in [4.69, 9.17) is 0 Å². The number of β-amino-alcohol motifs (C(OH)–C–C–N with tert-alkyl or cyclic N) is 1. The van der Waals surface area contributed by atoms with Crippen molar-refractivity contribution in [2.45, 2.75) is 97.6 Å². The third kappa shape index (κ3) is 8.78. The number of hydrogen-bond donors (Lipinski definition) is 4. The van der Waals surface area contributed by atoms with E-state index in [1.54, 1.807) is 58.4 Å². The van der Waals surface area contributed by atoms with Gasteiger partial charge in [-0.25, -0.2) is 9.78 Å². The summed E-state index contributed by atoms with van der Waals surface area (Å²) in [6.07, 6.45) is -2.03. The summed E-state index contributed by atoms with van der Waals surface area (Å²) in [7, 11) is 0. The molecule has 0 saturated carbocycles. The van der Waals surface area contributed by atoms with Crippen molar-refractivity contribution < 1.29 is 29.4 Å². The third-order valence-electron chi connectivity index (χ3n) is 8.51. The fraction of sp³-hybridized carbons (Fsp3) is 0.472. The second-order valence-electron chi connectivity index (χ2n) is 14.4. The lowest BCUT2D eigenvalue weighted by Crippen LogP contribution is -2.63. The summed E-state index contributed by atoms with van der Waals surface area (Å²) in [5, 5.41) is 26.6. The van der Waals surface area contributed by atoms with Gasteiger partial charge in [-0.15, -0.1) is 11.3 Å². The van der Waals surface area contributed by atoms with Crippen molar-refractivity contribution in [3.63, 3.8) is 0 Å². The number of aliphatic hydroxyl groups is 1. The van der Waals surface area contributed by atoms with Gasteiger partial charge in [-0.3, -0.25) is 19.3 Å². The molecule has 3 aromatic rings. The van der Waals surface area contributed by atoms with Crippen LogP contribution in [0.15, 0.2) is 60.1 Å². The predicted molar refractivity (Wildman–Crippen MR) is 185 cm³/mol. The van der Waals surface area contributed by atoms with Crippen molar-refractivity contribution in [3.8, 4) is 10.4 Å². The Morgan fingerprint density at radius 1 is 1.00 bits per heavy atom. The molecule has 0 unspecified atom stereocenters. The van der Waals surface area contributed by atoms with E-state index in [1.807, 2.05) is 61.5 Å². The quantitative estimate of drug-likeness (QED) is 0.245. The molecule has 4 amide bonds. The Bertz CT molecular complexity index is 1600.